The molecule has 4 aromatic carbocycles. The Balaban J connectivity index is 0.000000591. The van der Waals surface area contributed by atoms with Crippen molar-refractivity contribution in [3.8, 4) is 0 Å². The molecule has 6 aromatic rings. The second kappa shape index (κ2) is 9.34. The van der Waals surface area contributed by atoms with Gasteiger partial charge in [0.1, 0.15) is 22.3 Å². The molecule has 0 aliphatic heterocycles. The van der Waals surface area contributed by atoms with E-state index in [9.17, 15) is 9.59 Å². The number of hydrogen-bond donors (Lipinski definition) is 0. The summed E-state index contributed by atoms with van der Waals surface area (Å²) in [6.07, 6.45) is 0. The maximum atomic E-state index is 12.9. The molecule has 2 aromatic heterocycles. The minimum atomic E-state index is -1.08. The molecule has 0 aliphatic rings. The summed E-state index contributed by atoms with van der Waals surface area (Å²) >= 11 is -0.596. The zero-order chi connectivity index (χ0) is 24.5. The molecule has 0 unspecified atom stereocenters. The molecule has 0 fully saturated rings. The zero-order valence-corrected chi connectivity index (χ0v) is 20.6. The van der Waals surface area contributed by atoms with Crippen LogP contribution in [0, 0.1) is 7.14 Å². The molecule has 0 saturated heterocycles. The van der Waals surface area contributed by atoms with Crippen LogP contribution in [0.1, 0.15) is 6.92 Å². The lowest BCUT2D eigenvalue weighted by atomic mass is 10.1. The third-order valence-corrected chi connectivity index (χ3v) is 7.88. The first kappa shape index (κ1) is 22.8. The minimum Gasteiger partial charge on any atom is -0.550 e. The highest BCUT2D eigenvalue weighted by molar-refractivity contribution is 5.90. The Kier molecular flexibility index (Phi) is 6.08. The predicted molar refractivity (Wildman–Crippen MR) is 128 cm³/mol. The van der Waals surface area contributed by atoms with Crippen LogP contribution in [0.25, 0.3) is 43.9 Å². The van der Waals surface area contributed by atoms with Gasteiger partial charge in [0.15, 0.2) is 7.14 Å². The lowest BCUT2D eigenvalue weighted by molar-refractivity contribution is -0.597. The second-order valence-corrected chi connectivity index (χ2v) is 10.8. The van der Waals surface area contributed by atoms with E-state index < -0.39 is 27.2 Å². The Bertz CT molecular complexity index is 1730. The Morgan fingerprint density at radius 1 is 0.629 bits per heavy atom. The first-order valence-corrected chi connectivity index (χ1v) is 12.8. The van der Waals surface area contributed by atoms with Crippen molar-refractivity contribution in [2.24, 2.45) is 0 Å². The number of carbonyl (C=O) groups is 1. The molecule has 7 heteroatoms. The van der Waals surface area contributed by atoms with E-state index in [1.54, 1.807) is 24.3 Å². The van der Waals surface area contributed by atoms with Crippen LogP contribution >= 0.6 is 0 Å². The van der Waals surface area contributed by atoms with Gasteiger partial charge in [0.25, 0.3) is 0 Å². The Labute approximate surface area is 208 Å². The van der Waals surface area contributed by atoms with E-state index in [2.05, 4.69) is 0 Å². The average molecular weight is 576 g/mol. The van der Waals surface area contributed by atoms with Crippen molar-refractivity contribution in [2.45, 2.75) is 6.92 Å². The molecule has 0 bridgehead atoms. The molecule has 0 saturated carbocycles. The molecule has 35 heavy (non-hydrogen) atoms. The second-order valence-electron chi connectivity index (χ2n) is 7.72. The Hall–Kier alpha value is -3.98. The number of carboxylic acid groups (broad SMARTS) is 1. The van der Waals surface area contributed by atoms with Gasteiger partial charge in [-0.3, -0.25) is 9.59 Å². The number of carboxylic acids is 1. The van der Waals surface area contributed by atoms with Crippen LogP contribution in [0.4, 0.5) is 0 Å². The predicted octanol–water partition coefficient (Wildman–Crippen LogP) is 1.09. The fraction of sp³-hybridized carbons (Fsp3) is 0.0357. The van der Waals surface area contributed by atoms with Crippen molar-refractivity contribution in [1.29, 1.82) is 0 Å². The van der Waals surface area contributed by atoms with Gasteiger partial charge in [-0.15, -0.1) is 0 Å². The van der Waals surface area contributed by atoms with E-state index in [1.807, 2.05) is 60.7 Å². The molecule has 6 rings (SSSR count). The van der Waals surface area contributed by atoms with Crippen molar-refractivity contribution in [2.75, 3.05) is 0 Å². The lowest BCUT2D eigenvalue weighted by Gasteiger charge is -2.01. The van der Waals surface area contributed by atoms with Crippen LogP contribution in [-0.2, 0) is 4.79 Å². The number of hydrogen-bond acceptors (Lipinski definition) is 6. The number of aliphatic carboxylic acids is 1. The summed E-state index contributed by atoms with van der Waals surface area (Å²) in [5.74, 6) is -1.08. The molecule has 6 nitrogen and oxygen atoms in total. The molecule has 0 N–H and O–H groups in total. The maximum absolute atomic E-state index is 12.9. The highest BCUT2D eigenvalue weighted by atomic mass is 127. The molecular weight excluding hydrogens is 559 g/mol. The first-order valence-electron chi connectivity index (χ1n) is 10.6. The zero-order valence-electron chi connectivity index (χ0n) is 18.4. The van der Waals surface area contributed by atoms with Gasteiger partial charge in [-0.05, 0) is 55.5 Å². The van der Waals surface area contributed by atoms with E-state index in [0.717, 1.165) is 14.1 Å². The van der Waals surface area contributed by atoms with Gasteiger partial charge in [-0.25, -0.2) is 0 Å². The molecule has 2 heterocycles. The summed E-state index contributed by atoms with van der Waals surface area (Å²) in [5.41, 5.74) is 2.32. The largest absolute Gasteiger partial charge is 0.550 e. The summed E-state index contributed by atoms with van der Waals surface area (Å²) < 4.78 is 14.0. The topological polar surface area (TPSA) is 101 Å². The normalized spacial score (nSPS) is 11.0. The molecule has 0 atom stereocenters. The lowest BCUT2D eigenvalue weighted by Crippen LogP contribution is -3.61. The smallest absolute Gasteiger partial charge is 0.357 e. The van der Waals surface area contributed by atoms with Crippen LogP contribution in [0.5, 0.6) is 0 Å². The number of benzene rings is 4. The van der Waals surface area contributed by atoms with Crippen LogP contribution in [0.2, 0.25) is 0 Å². The summed E-state index contributed by atoms with van der Waals surface area (Å²) in [7, 11) is 0. The number of fused-ring (bicyclic) bond motifs is 4. The van der Waals surface area contributed by atoms with Crippen molar-refractivity contribution in [3.05, 3.63) is 113 Å². The number of carbonyl (C=O) groups excluding carboxylic acids is 1. The molecule has 0 amide bonds. The third kappa shape index (κ3) is 4.54. The van der Waals surface area contributed by atoms with E-state index in [1.165, 1.54) is 0 Å². The molecule has 0 spiro atoms. The van der Waals surface area contributed by atoms with E-state index >= 15 is 0 Å². The van der Waals surface area contributed by atoms with Crippen LogP contribution in [-0.4, -0.2) is 5.97 Å². The highest BCUT2D eigenvalue weighted by Crippen LogP contribution is 2.19. The Morgan fingerprint density at radius 3 is 1.43 bits per heavy atom. The van der Waals surface area contributed by atoms with Crippen LogP contribution < -0.4 is 37.2 Å². The van der Waals surface area contributed by atoms with Gasteiger partial charge in [0, 0.05) is 18.1 Å². The standard InChI is InChI=1S/C26H14IO4.C2H4O2/c28-25-17-5-1-3-7-21(17)30-23-11-9-15(13-19(23)25)27-16-10-12-24-20(14-16)26(29)18-6-2-4-8-22(18)31-24;1-2(3)4/h1-14H;1H3,(H,3,4)/q+1;/p-1. The van der Waals surface area contributed by atoms with Crippen molar-refractivity contribution < 1.29 is 39.9 Å². The van der Waals surface area contributed by atoms with Crippen LogP contribution in [0.3, 0.4) is 0 Å². The SMILES string of the molecule is CC(=O)[O-].O=c1c2ccccc2oc2ccc([I+]c3ccc4oc5ccccc5c(=O)c4c3)cc12. The van der Waals surface area contributed by atoms with Crippen LogP contribution in [0.15, 0.2) is 103 Å². The van der Waals surface area contributed by atoms with Crippen molar-refractivity contribution in [3.63, 3.8) is 0 Å². The fourth-order valence-electron chi connectivity index (χ4n) is 3.79. The number of rotatable bonds is 2. The van der Waals surface area contributed by atoms with Gasteiger partial charge in [0.2, 0.25) is 10.9 Å². The first-order chi connectivity index (χ1) is 16.9. The van der Waals surface area contributed by atoms with Gasteiger partial charge in [0.05, 0.1) is 21.5 Å². The molecular formula is C28H17IO6. The van der Waals surface area contributed by atoms with E-state index in [0.29, 0.717) is 43.9 Å². The monoisotopic (exact) mass is 576 g/mol. The van der Waals surface area contributed by atoms with Crippen molar-refractivity contribution >= 4 is 49.8 Å². The molecule has 0 radical (unpaired) electrons. The maximum Gasteiger partial charge on any atom is 0.357 e. The van der Waals surface area contributed by atoms with Gasteiger partial charge in [-0.1, -0.05) is 24.3 Å². The number of para-hydroxylation sites is 2. The van der Waals surface area contributed by atoms with Gasteiger partial charge < -0.3 is 18.7 Å². The third-order valence-electron chi connectivity index (χ3n) is 5.29. The number of halogens is 1. The summed E-state index contributed by atoms with van der Waals surface area (Å²) in [6.45, 7) is 0.972. The summed E-state index contributed by atoms with van der Waals surface area (Å²) in [4.78, 5) is 34.8. The fourth-order valence-corrected chi connectivity index (χ4v) is 6.17. The summed E-state index contributed by atoms with van der Waals surface area (Å²) in [5, 5.41) is 11.2. The van der Waals surface area contributed by atoms with Gasteiger partial charge in [-0.2, -0.15) is 0 Å². The van der Waals surface area contributed by atoms with Crippen molar-refractivity contribution in [1.82, 2.24) is 0 Å². The highest BCUT2D eigenvalue weighted by Gasteiger charge is 2.20. The molecule has 172 valence electrons. The quantitative estimate of drug-likeness (QED) is 0.226. The summed E-state index contributed by atoms with van der Waals surface area (Å²) in [6, 6.07) is 26.2. The van der Waals surface area contributed by atoms with Gasteiger partial charge >= 0.3 is 21.2 Å². The minimum absolute atomic E-state index is 0.0201. The Morgan fingerprint density at radius 2 is 1.00 bits per heavy atom. The van der Waals surface area contributed by atoms with E-state index in [4.69, 9.17) is 18.7 Å². The molecule has 0 aliphatic carbocycles. The average Bonchev–Trinajstić information content (AvgIpc) is 2.85. The van der Waals surface area contributed by atoms with E-state index in [-0.39, 0.29) is 10.9 Å².